The molecular formula is C22H26N2O7. The summed E-state index contributed by atoms with van der Waals surface area (Å²) in [5.41, 5.74) is 5.20. The van der Waals surface area contributed by atoms with Gasteiger partial charge in [-0.05, 0) is 24.0 Å². The van der Waals surface area contributed by atoms with E-state index in [1.54, 1.807) is 0 Å². The molecule has 0 spiro atoms. The number of ether oxygens (including phenoxy) is 1. The average Bonchev–Trinajstić information content (AvgIpc) is 2.80. The molecular weight excluding hydrogens is 404 g/mol. The second-order valence-electron chi connectivity index (χ2n) is 6.83. The second kappa shape index (κ2) is 13.1. The lowest BCUT2D eigenvalue weighted by molar-refractivity contribution is -0.159. The maximum Gasteiger partial charge on any atom is 0.414 e. The van der Waals surface area contributed by atoms with Gasteiger partial charge < -0.3 is 20.3 Å². The van der Waals surface area contributed by atoms with Crippen LogP contribution in [0.25, 0.3) is 0 Å². The molecule has 0 radical (unpaired) electrons. The van der Waals surface area contributed by atoms with Gasteiger partial charge in [0.15, 0.2) is 0 Å². The molecule has 1 fully saturated rings. The number of hydrogen-bond acceptors (Lipinski definition) is 7. The minimum atomic E-state index is -1.82. The number of carboxylic acids is 2. The lowest BCUT2D eigenvalue weighted by Gasteiger charge is -2.28. The lowest BCUT2D eigenvalue weighted by atomic mass is 10.0. The molecule has 1 unspecified atom stereocenters. The molecule has 1 saturated heterocycles. The molecule has 9 nitrogen and oxygen atoms in total. The summed E-state index contributed by atoms with van der Waals surface area (Å²) >= 11 is 0. The van der Waals surface area contributed by atoms with Crippen LogP contribution in [0.5, 0.6) is 0 Å². The number of esters is 1. The highest BCUT2D eigenvalue weighted by Gasteiger charge is 2.26. The molecule has 3 rings (SSSR count). The zero-order chi connectivity index (χ0) is 22.5. The summed E-state index contributed by atoms with van der Waals surface area (Å²) < 4.78 is 5.39. The first-order valence-electron chi connectivity index (χ1n) is 9.77. The highest BCUT2D eigenvalue weighted by molar-refractivity contribution is 6.27. The number of piperidine rings is 1. The number of carbonyl (C=O) groups excluding carboxylic acids is 1. The number of benzene rings is 2. The molecule has 1 aliphatic rings. The molecule has 2 atom stereocenters. The van der Waals surface area contributed by atoms with Crippen LogP contribution in [0.4, 0.5) is 0 Å². The second-order valence-corrected chi connectivity index (χ2v) is 6.83. The van der Waals surface area contributed by atoms with Crippen molar-refractivity contribution in [2.45, 2.75) is 38.1 Å². The van der Waals surface area contributed by atoms with E-state index in [1.807, 2.05) is 60.7 Å². The number of aliphatic carboxylic acids is 2. The number of hydroxylamine groups is 1. The Bertz CT molecular complexity index is 810. The Morgan fingerprint density at radius 1 is 0.871 bits per heavy atom. The summed E-state index contributed by atoms with van der Waals surface area (Å²) in [5.74, 6) is -3.84. The van der Waals surface area contributed by atoms with Gasteiger partial charge in [0, 0.05) is 12.6 Å². The largest absolute Gasteiger partial charge is 0.473 e. The average molecular weight is 430 g/mol. The summed E-state index contributed by atoms with van der Waals surface area (Å²) in [6, 6.07) is 19.7. The van der Waals surface area contributed by atoms with Crippen molar-refractivity contribution >= 4 is 17.9 Å². The zero-order valence-corrected chi connectivity index (χ0v) is 16.9. The first-order valence-corrected chi connectivity index (χ1v) is 9.77. The predicted molar refractivity (Wildman–Crippen MR) is 111 cm³/mol. The van der Waals surface area contributed by atoms with E-state index in [2.05, 4.69) is 10.8 Å². The smallest absolute Gasteiger partial charge is 0.414 e. The quantitative estimate of drug-likeness (QED) is 0.294. The fraction of sp³-hybridized carbons (Fsp3) is 0.318. The SMILES string of the molecule is O=C(O)C(=O)O.O=C(OCc1ccccc1)[C@@H]1CCC(NOCc2ccccc2)CN1. The zero-order valence-electron chi connectivity index (χ0n) is 16.9. The Labute approximate surface area is 179 Å². The first-order chi connectivity index (χ1) is 15.0. The van der Waals surface area contributed by atoms with E-state index >= 15 is 0 Å². The number of nitrogens with one attached hydrogen (secondary N) is 2. The topological polar surface area (TPSA) is 134 Å². The third kappa shape index (κ3) is 9.39. The van der Waals surface area contributed by atoms with Crippen LogP contribution in [0, 0.1) is 0 Å². The number of hydrogen-bond donors (Lipinski definition) is 4. The molecule has 2 aromatic rings. The maximum absolute atomic E-state index is 12.1. The summed E-state index contributed by atoms with van der Waals surface area (Å²) in [7, 11) is 0. The van der Waals surface area contributed by atoms with Crippen LogP contribution in [0.1, 0.15) is 24.0 Å². The highest BCUT2D eigenvalue weighted by atomic mass is 16.6. The standard InChI is InChI=1S/C20H24N2O3.C2H2O4/c23-20(24-14-16-7-3-1-4-8-16)19-12-11-18(13-21-19)22-25-15-17-9-5-2-6-10-17;3-1(4)2(5)6/h1-10,18-19,21-22H,11-15H2;(H,3,4)(H,5,6)/t18?,19-;/m0./s1. The van der Waals surface area contributed by atoms with E-state index < -0.39 is 11.9 Å². The molecule has 0 saturated carbocycles. The molecule has 31 heavy (non-hydrogen) atoms. The van der Waals surface area contributed by atoms with Crippen molar-refractivity contribution in [2.24, 2.45) is 0 Å². The van der Waals surface area contributed by atoms with Crippen molar-refractivity contribution < 1.29 is 34.2 Å². The molecule has 2 aromatic carbocycles. The van der Waals surface area contributed by atoms with Crippen molar-refractivity contribution in [2.75, 3.05) is 6.54 Å². The lowest BCUT2D eigenvalue weighted by Crippen LogP contribution is -2.51. The minimum Gasteiger partial charge on any atom is -0.473 e. The number of carbonyl (C=O) groups is 3. The van der Waals surface area contributed by atoms with Gasteiger partial charge in [-0.15, -0.1) is 0 Å². The van der Waals surface area contributed by atoms with Crippen LogP contribution in [0.15, 0.2) is 60.7 Å². The fourth-order valence-corrected chi connectivity index (χ4v) is 2.80. The minimum absolute atomic E-state index is 0.187. The van der Waals surface area contributed by atoms with Gasteiger partial charge >= 0.3 is 17.9 Å². The van der Waals surface area contributed by atoms with Crippen LogP contribution in [0.2, 0.25) is 0 Å². The van der Waals surface area contributed by atoms with Crippen LogP contribution < -0.4 is 10.8 Å². The summed E-state index contributed by atoms with van der Waals surface area (Å²) in [5, 5.41) is 18.0. The first kappa shape index (κ1) is 24.0. The molecule has 9 heteroatoms. The van der Waals surface area contributed by atoms with E-state index in [-0.39, 0.29) is 18.1 Å². The monoisotopic (exact) mass is 430 g/mol. The van der Waals surface area contributed by atoms with Gasteiger partial charge in [0.05, 0.1) is 6.61 Å². The molecule has 0 aliphatic carbocycles. The van der Waals surface area contributed by atoms with Crippen molar-refractivity contribution in [1.82, 2.24) is 10.8 Å². The van der Waals surface area contributed by atoms with Crippen molar-refractivity contribution in [3.8, 4) is 0 Å². The van der Waals surface area contributed by atoms with Crippen LogP contribution in [-0.4, -0.2) is 46.7 Å². The van der Waals surface area contributed by atoms with Crippen LogP contribution in [-0.2, 0) is 37.2 Å². The van der Waals surface area contributed by atoms with Crippen molar-refractivity contribution in [1.29, 1.82) is 0 Å². The van der Waals surface area contributed by atoms with E-state index in [4.69, 9.17) is 29.4 Å². The Hall–Kier alpha value is -3.27. The Kier molecular flexibility index (Phi) is 10.2. The molecule has 4 N–H and O–H groups in total. The highest BCUT2D eigenvalue weighted by Crippen LogP contribution is 2.11. The van der Waals surface area contributed by atoms with E-state index in [0.717, 1.165) is 24.0 Å². The van der Waals surface area contributed by atoms with Gasteiger partial charge in [0.1, 0.15) is 12.6 Å². The van der Waals surface area contributed by atoms with Gasteiger partial charge in [-0.25, -0.2) is 9.59 Å². The number of carboxylic acid groups (broad SMARTS) is 2. The Morgan fingerprint density at radius 2 is 1.42 bits per heavy atom. The van der Waals surface area contributed by atoms with Crippen molar-refractivity contribution in [3.05, 3.63) is 71.8 Å². The van der Waals surface area contributed by atoms with Gasteiger partial charge in [-0.2, -0.15) is 5.48 Å². The molecule has 166 valence electrons. The summed E-state index contributed by atoms with van der Waals surface area (Å²) in [6.07, 6.45) is 1.60. The van der Waals surface area contributed by atoms with Gasteiger partial charge in [0.25, 0.3) is 0 Å². The van der Waals surface area contributed by atoms with Gasteiger partial charge in [0.2, 0.25) is 0 Å². The third-order valence-corrected chi connectivity index (χ3v) is 4.44. The predicted octanol–water partition coefficient (Wildman–Crippen LogP) is 1.73. The van der Waals surface area contributed by atoms with E-state index in [9.17, 15) is 4.79 Å². The van der Waals surface area contributed by atoms with Crippen LogP contribution >= 0.6 is 0 Å². The van der Waals surface area contributed by atoms with Crippen molar-refractivity contribution in [3.63, 3.8) is 0 Å². The van der Waals surface area contributed by atoms with E-state index in [1.165, 1.54) is 0 Å². The summed E-state index contributed by atoms with van der Waals surface area (Å²) in [4.78, 5) is 35.9. The third-order valence-electron chi connectivity index (χ3n) is 4.44. The van der Waals surface area contributed by atoms with Gasteiger partial charge in [-0.1, -0.05) is 60.7 Å². The normalized spacial score (nSPS) is 17.7. The Balaban J connectivity index is 0.000000501. The van der Waals surface area contributed by atoms with Gasteiger partial charge in [-0.3, -0.25) is 9.63 Å². The Morgan fingerprint density at radius 3 is 1.90 bits per heavy atom. The fourth-order valence-electron chi connectivity index (χ4n) is 2.80. The maximum atomic E-state index is 12.1. The molecule has 0 bridgehead atoms. The molecule has 0 aromatic heterocycles. The summed E-state index contributed by atoms with van der Waals surface area (Å²) in [6.45, 7) is 1.53. The molecule has 1 aliphatic heterocycles. The molecule has 0 amide bonds. The van der Waals surface area contributed by atoms with E-state index in [0.29, 0.717) is 19.8 Å². The van der Waals surface area contributed by atoms with Crippen LogP contribution in [0.3, 0.4) is 0 Å². The molecule has 1 heterocycles. The number of rotatable bonds is 7.